The van der Waals surface area contributed by atoms with E-state index in [-0.39, 0.29) is 12.6 Å². The van der Waals surface area contributed by atoms with E-state index in [9.17, 15) is 19.8 Å². The number of hydrogen-bond acceptors (Lipinski definition) is 6. The topological polar surface area (TPSA) is 93.1 Å². The van der Waals surface area contributed by atoms with Gasteiger partial charge in [0.25, 0.3) is 0 Å². The number of aliphatic hydroxyl groups is 2. The predicted molar refractivity (Wildman–Crippen MR) is 113 cm³/mol. The molecule has 0 saturated carbocycles. The summed E-state index contributed by atoms with van der Waals surface area (Å²) in [5, 5.41) is 18.9. The zero-order chi connectivity index (χ0) is 21.5. The van der Waals surface area contributed by atoms with E-state index in [1.165, 1.54) is 64.2 Å². The van der Waals surface area contributed by atoms with E-state index in [0.29, 0.717) is 6.42 Å². The molecule has 0 fully saturated rings. The van der Waals surface area contributed by atoms with Crippen LogP contribution in [-0.2, 0) is 19.1 Å². The summed E-state index contributed by atoms with van der Waals surface area (Å²) in [6, 6.07) is 0. The zero-order valence-corrected chi connectivity index (χ0v) is 18.3. The normalized spacial score (nSPS) is 17.4. The molecule has 2 N–H and O–H groups in total. The highest BCUT2D eigenvalue weighted by atomic mass is 16.6. The van der Waals surface area contributed by atoms with Crippen LogP contribution >= 0.6 is 0 Å². The van der Waals surface area contributed by atoms with Crippen molar-refractivity contribution in [3.8, 4) is 0 Å². The summed E-state index contributed by atoms with van der Waals surface area (Å²) in [4.78, 5) is 23.0. The summed E-state index contributed by atoms with van der Waals surface area (Å²) < 4.78 is 10.1. The smallest absolute Gasteiger partial charge is 0.377 e. The zero-order valence-electron chi connectivity index (χ0n) is 18.3. The van der Waals surface area contributed by atoms with Gasteiger partial charge in [0.05, 0.1) is 6.61 Å². The SMILES string of the molecule is CCCCCCCCCCCCCCCC(=O)OCC(C)C1OC(=O)C(O)=C1O. The Labute approximate surface area is 175 Å². The highest BCUT2D eigenvalue weighted by Crippen LogP contribution is 2.25. The molecule has 1 rings (SSSR count). The highest BCUT2D eigenvalue weighted by molar-refractivity contribution is 5.89. The lowest BCUT2D eigenvalue weighted by atomic mass is 10.0. The molecular weight excluding hydrogens is 372 g/mol. The van der Waals surface area contributed by atoms with Crippen molar-refractivity contribution in [3.63, 3.8) is 0 Å². The van der Waals surface area contributed by atoms with Gasteiger partial charge >= 0.3 is 11.9 Å². The molecule has 2 atom stereocenters. The maximum atomic E-state index is 11.8. The summed E-state index contributed by atoms with van der Waals surface area (Å²) >= 11 is 0. The Kier molecular flexibility index (Phi) is 13.2. The standard InChI is InChI=1S/C23H40O6/c1-3-4-5-6-7-8-9-10-11-12-13-14-15-16-19(24)28-17-18(2)22-20(25)21(26)23(27)29-22/h18,22,25-26H,3-17H2,1-2H3. The summed E-state index contributed by atoms with van der Waals surface area (Å²) in [5.74, 6) is -2.90. The lowest BCUT2D eigenvalue weighted by Crippen LogP contribution is -2.26. The molecule has 1 aliphatic heterocycles. The first-order valence-corrected chi connectivity index (χ1v) is 11.5. The third kappa shape index (κ3) is 10.6. The molecule has 6 nitrogen and oxygen atoms in total. The van der Waals surface area contributed by atoms with Crippen LogP contribution in [0.1, 0.15) is 104 Å². The van der Waals surface area contributed by atoms with E-state index in [1.54, 1.807) is 6.92 Å². The molecule has 1 aliphatic rings. The molecule has 6 heteroatoms. The third-order valence-electron chi connectivity index (χ3n) is 5.45. The van der Waals surface area contributed by atoms with Crippen molar-refractivity contribution in [2.45, 2.75) is 110 Å². The molecule has 0 saturated heterocycles. The number of ether oxygens (including phenoxy) is 2. The van der Waals surface area contributed by atoms with Crippen LogP contribution in [0.2, 0.25) is 0 Å². The Morgan fingerprint density at radius 3 is 1.86 bits per heavy atom. The number of unbranched alkanes of at least 4 members (excludes halogenated alkanes) is 12. The van der Waals surface area contributed by atoms with E-state index in [1.807, 2.05) is 0 Å². The van der Waals surface area contributed by atoms with Crippen LogP contribution in [-0.4, -0.2) is 34.9 Å². The second-order valence-electron chi connectivity index (χ2n) is 8.21. The maximum absolute atomic E-state index is 11.8. The molecule has 168 valence electrons. The summed E-state index contributed by atoms with van der Waals surface area (Å²) in [5.41, 5.74) is 0. The number of cyclic esters (lactones) is 1. The molecule has 0 radical (unpaired) electrons. The number of aliphatic hydroxyl groups excluding tert-OH is 2. The Hall–Kier alpha value is -1.72. The van der Waals surface area contributed by atoms with E-state index in [2.05, 4.69) is 6.92 Å². The average Bonchev–Trinajstić information content (AvgIpc) is 2.97. The number of esters is 2. The van der Waals surface area contributed by atoms with Gasteiger partial charge < -0.3 is 19.7 Å². The molecule has 0 bridgehead atoms. The molecule has 0 aromatic heterocycles. The Morgan fingerprint density at radius 1 is 0.931 bits per heavy atom. The highest BCUT2D eigenvalue weighted by Gasteiger charge is 2.38. The monoisotopic (exact) mass is 412 g/mol. The minimum Gasteiger partial charge on any atom is -0.505 e. The van der Waals surface area contributed by atoms with Gasteiger partial charge in [-0.3, -0.25) is 4.79 Å². The molecular formula is C23H40O6. The largest absolute Gasteiger partial charge is 0.505 e. The Morgan fingerprint density at radius 2 is 1.41 bits per heavy atom. The van der Waals surface area contributed by atoms with Crippen molar-refractivity contribution in [2.24, 2.45) is 5.92 Å². The van der Waals surface area contributed by atoms with Crippen LogP contribution in [0.15, 0.2) is 11.5 Å². The average molecular weight is 413 g/mol. The van der Waals surface area contributed by atoms with Crippen molar-refractivity contribution in [3.05, 3.63) is 11.5 Å². The van der Waals surface area contributed by atoms with Crippen molar-refractivity contribution in [1.82, 2.24) is 0 Å². The van der Waals surface area contributed by atoms with Gasteiger partial charge in [-0.25, -0.2) is 4.79 Å². The minimum absolute atomic E-state index is 0.0343. The molecule has 2 unspecified atom stereocenters. The van der Waals surface area contributed by atoms with Gasteiger partial charge in [-0.1, -0.05) is 90.9 Å². The lowest BCUT2D eigenvalue weighted by molar-refractivity contribution is -0.149. The van der Waals surface area contributed by atoms with Gasteiger partial charge in [-0.05, 0) is 6.42 Å². The molecule has 0 aliphatic carbocycles. The fraction of sp³-hybridized carbons (Fsp3) is 0.826. The third-order valence-corrected chi connectivity index (χ3v) is 5.45. The van der Waals surface area contributed by atoms with Crippen molar-refractivity contribution < 1.29 is 29.3 Å². The summed E-state index contributed by atoms with van der Waals surface area (Å²) in [6.07, 6.45) is 15.8. The predicted octanol–water partition coefficient (Wildman–Crippen LogP) is 5.90. The molecule has 29 heavy (non-hydrogen) atoms. The lowest BCUT2D eigenvalue weighted by Gasteiger charge is -2.18. The number of carbonyl (C=O) groups is 2. The number of carbonyl (C=O) groups excluding carboxylic acids is 2. The van der Waals surface area contributed by atoms with Gasteiger partial charge in [-0.15, -0.1) is 0 Å². The van der Waals surface area contributed by atoms with Crippen molar-refractivity contribution >= 4 is 11.9 Å². The molecule has 0 aromatic carbocycles. The van der Waals surface area contributed by atoms with Crippen molar-refractivity contribution in [2.75, 3.05) is 6.61 Å². The van der Waals surface area contributed by atoms with Crippen LogP contribution in [0.3, 0.4) is 0 Å². The maximum Gasteiger partial charge on any atom is 0.377 e. The number of rotatable bonds is 17. The van der Waals surface area contributed by atoms with Crippen molar-refractivity contribution in [1.29, 1.82) is 0 Å². The van der Waals surface area contributed by atoms with Gasteiger partial charge in [0.15, 0.2) is 11.9 Å². The molecule has 0 spiro atoms. The van der Waals surface area contributed by atoms with Crippen LogP contribution in [0, 0.1) is 5.92 Å². The van der Waals surface area contributed by atoms with Gasteiger partial charge in [0.2, 0.25) is 5.76 Å². The quantitative estimate of drug-likeness (QED) is 0.228. The molecule has 1 heterocycles. The second-order valence-corrected chi connectivity index (χ2v) is 8.21. The summed E-state index contributed by atoms with van der Waals surface area (Å²) in [7, 11) is 0. The van der Waals surface area contributed by atoms with Gasteiger partial charge in [0.1, 0.15) is 0 Å². The van der Waals surface area contributed by atoms with Crippen LogP contribution in [0.5, 0.6) is 0 Å². The minimum atomic E-state index is -0.952. The van der Waals surface area contributed by atoms with E-state index in [0.717, 1.165) is 19.3 Å². The Bertz CT molecular complexity index is 513. The molecule has 0 aromatic rings. The Balaban J connectivity index is 1.93. The first-order chi connectivity index (χ1) is 14.0. The van der Waals surface area contributed by atoms with Crippen LogP contribution in [0.4, 0.5) is 0 Å². The van der Waals surface area contributed by atoms with Crippen LogP contribution in [0.25, 0.3) is 0 Å². The summed E-state index contributed by atoms with van der Waals surface area (Å²) in [6.45, 7) is 3.97. The first kappa shape index (κ1) is 25.3. The first-order valence-electron chi connectivity index (χ1n) is 11.5. The van der Waals surface area contributed by atoms with Crippen LogP contribution < -0.4 is 0 Å². The van der Waals surface area contributed by atoms with Gasteiger partial charge in [0, 0.05) is 12.3 Å². The second kappa shape index (κ2) is 15.2. The fourth-order valence-corrected chi connectivity index (χ4v) is 3.52. The number of hydrogen-bond donors (Lipinski definition) is 2. The van der Waals surface area contributed by atoms with E-state index >= 15 is 0 Å². The molecule has 0 amide bonds. The van der Waals surface area contributed by atoms with Gasteiger partial charge in [-0.2, -0.15) is 0 Å². The fourth-order valence-electron chi connectivity index (χ4n) is 3.52. The van der Waals surface area contributed by atoms with E-state index in [4.69, 9.17) is 9.47 Å². The van der Waals surface area contributed by atoms with E-state index < -0.39 is 29.5 Å².